The van der Waals surface area contributed by atoms with E-state index >= 15 is 0 Å². The Morgan fingerprint density at radius 2 is 1.83 bits per heavy atom. The number of aromatic hydroxyl groups is 2. The molecule has 0 spiro atoms. The topological polar surface area (TPSA) is 128 Å². The lowest BCUT2D eigenvalue weighted by Crippen LogP contribution is -2.29. The zero-order valence-corrected chi connectivity index (χ0v) is 16.7. The van der Waals surface area contributed by atoms with Crippen molar-refractivity contribution < 1.29 is 29.6 Å². The molecular weight excluding hydrogens is 388 g/mol. The van der Waals surface area contributed by atoms with E-state index in [1.54, 1.807) is 19.2 Å². The molecule has 156 valence electrons. The average molecular weight is 410 g/mol. The number of hydrazone groups is 1. The van der Waals surface area contributed by atoms with E-state index in [0.717, 1.165) is 0 Å². The Bertz CT molecular complexity index is 1110. The highest BCUT2D eigenvalue weighted by atomic mass is 16.5. The molecule has 0 heterocycles. The molecule has 4 rings (SSSR count). The number of hydrogen-bond donors (Lipinski definition) is 4. The summed E-state index contributed by atoms with van der Waals surface area (Å²) in [6.45, 7) is -0.247. The van der Waals surface area contributed by atoms with Crippen molar-refractivity contribution in [2.24, 2.45) is 11.0 Å². The number of fused-ring (bicyclic) bond motifs is 3. The lowest BCUT2D eigenvalue weighted by atomic mass is 9.74. The summed E-state index contributed by atoms with van der Waals surface area (Å²) in [7, 11) is 3.03. The summed E-state index contributed by atoms with van der Waals surface area (Å²) >= 11 is 0. The maximum Gasteiger partial charge on any atom is 0.202 e. The van der Waals surface area contributed by atoms with Crippen LogP contribution in [-0.4, -0.2) is 53.4 Å². The van der Waals surface area contributed by atoms with Gasteiger partial charge < -0.3 is 25.5 Å². The molecule has 0 bridgehead atoms. The van der Waals surface area contributed by atoms with Gasteiger partial charge in [-0.1, -0.05) is 12.1 Å². The van der Waals surface area contributed by atoms with E-state index in [9.17, 15) is 24.9 Å². The molecule has 8 nitrogen and oxygen atoms in total. The maximum atomic E-state index is 13.2. The van der Waals surface area contributed by atoms with Crippen LogP contribution in [0.25, 0.3) is 0 Å². The minimum absolute atomic E-state index is 0.0876. The predicted octanol–water partition coefficient (Wildman–Crippen LogP) is 1.55. The minimum Gasteiger partial charge on any atom is -0.507 e. The van der Waals surface area contributed by atoms with Gasteiger partial charge in [-0.15, -0.1) is 0 Å². The van der Waals surface area contributed by atoms with Gasteiger partial charge in [0.05, 0.1) is 36.1 Å². The summed E-state index contributed by atoms with van der Waals surface area (Å²) in [5, 5.41) is 35.7. The molecule has 30 heavy (non-hydrogen) atoms. The number of ketones is 2. The summed E-state index contributed by atoms with van der Waals surface area (Å²) in [6, 6.07) is 4.68. The standard InChI is InChI=1S/C22H22N2O6/c1-23-24-14(9-25)10-6-7-11-13(8-10)21(28)17-18(19(11)26)22(29)16-12(20(17)27)4-3-5-15(16)30-2/h3-5,10,23,25-26,28H,6-9H2,1-2H3/b24-14+/t10-/m0/s1. The Balaban J connectivity index is 1.90. The number of nitrogens with zero attached hydrogens (tertiary/aromatic N) is 1. The van der Waals surface area contributed by atoms with Gasteiger partial charge in [-0.2, -0.15) is 5.10 Å². The van der Waals surface area contributed by atoms with Gasteiger partial charge in [0.15, 0.2) is 5.78 Å². The fourth-order valence-electron chi connectivity index (χ4n) is 4.49. The largest absolute Gasteiger partial charge is 0.507 e. The van der Waals surface area contributed by atoms with Crippen LogP contribution in [0.2, 0.25) is 0 Å². The first-order valence-corrected chi connectivity index (χ1v) is 9.64. The van der Waals surface area contributed by atoms with E-state index < -0.39 is 11.6 Å². The number of ether oxygens (including phenoxy) is 1. The van der Waals surface area contributed by atoms with Crippen LogP contribution in [0.15, 0.2) is 23.3 Å². The molecule has 0 aromatic heterocycles. The number of phenolic OH excluding ortho intramolecular Hbond substituents is 2. The Labute approximate surface area is 172 Å². The van der Waals surface area contributed by atoms with Gasteiger partial charge in [-0.05, 0) is 25.3 Å². The van der Waals surface area contributed by atoms with E-state index in [1.165, 1.54) is 13.2 Å². The summed E-state index contributed by atoms with van der Waals surface area (Å²) in [6.07, 6.45) is 1.23. The Hall–Kier alpha value is -3.39. The number of phenols is 2. The van der Waals surface area contributed by atoms with E-state index in [4.69, 9.17) is 4.74 Å². The molecule has 0 saturated carbocycles. The molecule has 8 heteroatoms. The van der Waals surface area contributed by atoms with Gasteiger partial charge in [0.2, 0.25) is 5.78 Å². The van der Waals surface area contributed by atoms with Gasteiger partial charge in [0.25, 0.3) is 0 Å². The number of nitrogens with one attached hydrogen (secondary N) is 1. The van der Waals surface area contributed by atoms with Gasteiger partial charge in [0, 0.05) is 29.7 Å². The molecule has 1 atom stereocenters. The zero-order chi connectivity index (χ0) is 21.6. The number of aliphatic hydroxyl groups excluding tert-OH is 1. The Morgan fingerprint density at radius 3 is 2.50 bits per heavy atom. The summed E-state index contributed by atoms with van der Waals surface area (Å²) in [5.74, 6) is -1.59. The SMILES string of the molecule is CN/N=C(\CO)[C@H]1CCc2c(O)c3c(c(O)c2C1)C(=O)c1cccc(OC)c1C3=O. The highest BCUT2D eigenvalue weighted by Crippen LogP contribution is 2.47. The first kappa shape index (κ1) is 19.9. The van der Waals surface area contributed by atoms with Crippen molar-refractivity contribution >= 4 is 17.3 Å². The van der Waals surface area contributed by atoms with Crippen LogP contribution in [0, 0.1) is 5.92 Å². The molecule has 2 aromatic rings. The highest BCUT2D eigenvalue weighted by molar-refractivity contribution is 6.31. The molecule has 2 aliphatic rings. The summed E-state index contributed by atoms with van der Waals surface area (Å²) in [4.78, 5) is 26.4. The summed E-state index contributed by atoms with van der Waals surface area (Å²) in [5.41, 5.74) is 3.88. The number of aliphatic hydroxyl groups is 1. The zero-order valence-electron chi connectivity index (χ0n) is 16.7. The third-order valence-electron chi connectivity index (χ3n) is 5.91. The van der Waals surface area contributed by atoms with Crippen LogP contribution in [0.3, 0.4) is 0 Å². The maximum absolute atomic E-state index is 13.2. The predicted molar refractivity (Wildman–Crippen MR) is 109 cm³/mol. The Morgan fingerprint density at radius 1 is 1.13 bits per heavy atom. The van der Waals surface area contributed by atoms with Crippen molar-refractivity contribution in [2.75, 3.05) is 20.8 Å². The third-order valence-corrected chi connectivity index (χ3v) is 5.91. The number of carbonyl (C=O) groups excluding carboxylic acids is 2. The molecule has 2 aromatic carbocycles. The molecule has 0 radical (unpaired) electrons. The fraction of sp³-hybridized carbons (Fsp3) is 0.318. The van der Waals surface area contributed by atoms with Crippen LogP contribution < -0.4 is 10.2 Å². The number of methoxy groups -OCH3 is 1. The van der Waals surface area contributed by atoms with Crippen molar-refractivity contribution in [3.63, 3.8) is 0 Å². The van der Waals surface area contributed by atoms with E-state index in [-0.39, 0.29) is 58.4 Å². The molecule has 2 aliphatic carbocycles. The van der Waals surface area contributed by atoms with E-state index in [2.05, 4.69) is 10.5 Å². The number of benzene rings is 2. The van der Waals surface area contributed by atoms with Crippen molar-refractivity contribution in [1.29, 1.82) is 0 Å². The van der Waals surface area contributed by atoms with Crippen LogP contribution in [0.1, 0.15) is 49.4 Å². The lowest BCUT2D eigenvalue weighted by molar-refractivity contribution is 0.0971. The lowest BCUT2D eigenvalue weighted by Gasteiger charge is -2.30. The van der Waals surface area contributed by atoms with E-state index in [1.807, 2.05) is 0 Å². The van der Waals surface area contributed by atoms with Crippen LogP contribution >= 0.6 is 0 Å². The van der Waals surface area contributed by atoms with Crippen LogP contribution in [-0.2, 0) is 12.8 Å². The highest BCUT2D eigenvalue weighted by Gasteiger charge is 2.40. The minimum atomic E-state index is -0.553. The van der Waals surface area contributed by atoms with Gasteiger partial charge >= 0.3 is 0 Å². The summed E-state index contributed by atoms with van der Waals surface area (Å²) < 4.78 is 5.24. The first-order valence-electron chi connectivity index (χ1n) is 9.64. The van der Waals surface area contributed by atoms with Crippen molar-refractivity contribution in [3.8, 4) is 17.2 Å². The normalized spacial score (nSPS) is 17.8. The number of hydrogen-bond acceptors (Lipinski definition) is 8. The number of carbonyl (C=O) groups is 2. The van der Waals surface area contributed by atoms with Gasteiger partial charge in [0.1, 0.15) is 17.2 Å². The molecule has 0 unspecified atom stereocenters. The molecule has 0 amide bonds. The Kier molecular flexibility index (Phi) is 4.95. The monoisotopic (exact) mass is 410 g/mol. The first-order chi connectivity index (χ1) is 14.4. The second kappa shape index (κ2) is 7.46. The smallest absolute Gasteiger partial charge is 0.202 e. The quantitative estimate of drug-likeness (QED) is 0.292. The molecule has 0 aliphatic heterocycles. The van der Waals surface area contributed by atoms with Crippen molar-refractivity contribution in [3.05, 3.63) is 51.6 Å². The molecule has 0 fully saturated rings. The fourth-order valence-corrected chi connectivity index (χ4v) is 4.49. The molecule has 0 saturated heterocycles. The molecule has 4 N–H and O–H groups in total. The van der Waals surface area contributed by atoms with Crippen molar-refractivity contribution in [2.45, 2.75) is 19.3 Å². The van der Waals surface area contributed by atoms with Gasteiger partial charge in [-0.25, -0.2) is 0 Å². The van der Waals surface area contributed by atoms with Crippen molar-refractivity contribution in [1.82, 2.24) is 5.43 Å². The molecular formula is C22H22N2O6. The van der Waals surface area contributed by atoms with Gasteiger partial charge in [-0.3, -0.25) is 9.59 Å². The van der Waals surface area contributed by atoms with E-state index in [0.29, 0.717) is 29.7 Å². The third kappa shape index (κ3) is 2.75. The average Bonchev–Trinajstić information content (AvgIpc) is 2.77. The second-order valence-electron chi connectivity index (χ2n) is 7.37. The number of rotatable bonds is 4. The second-order valence-corrected chi connectivity index (χ2v) is 7.37. The van der Waals surface area contributed by atoms with Crippen LogP contribution in [0.5, 0.6) is 17.2 Å². The van der Waals surface area contributed by atoms with Crippen LogP contribution in [0.4, 0.5) is 0 Å².